The number of likely N-dealkylation sites (tertiary alicyclic amines) is 1. The van der Waals surface area contributed by atoms with E-state index >= 15 is 0 Å². The smallest absolute Gasteiger partial charge is 0.267 e. The van der Waals surface area contributed by atoms with Crippen molar-refractivity contribution in [2.24, 2.45) is 0 Å². The highest BCUT2D eigenvalue weighted by Gasteiger charge is 2.38. The van der Waals surface area contributed by atoms with Crippen molar-refractivity contribution in [1.82, 2.24) is 4.90 Å². The van der Waals surface area contributed by atoms with Gasteiger partial charge in [0.1, 0.15) is 5.82 Å². The molecule has 2 aliphatic rings. The number of rotatable bonds is 2. The number of nitrogens with zero attached hydrogens (tertiary/aromatic N) is 2. The van der Waals surface area contributed by atoms with Gasteiger partial charge >= 0.3 is 0 Å². The van der Waals surface area contributed by atoms with Crippen LogP contribution in [0.2, 0.25) is 0 Å². The maximum atomic E-state index is 13.7. The number of hydrogen-bond acceptors (Lipinski definition) is 4. The van der Waals surface area contributed by atoms with Crippen molar-refractivity contribution in [3.63, 3.8) is 0 Å². The summed E-state index contributed by atoms with van der Waals surface area (Å²) in [4.78, 5) is 15.7. The molecule has 26 heavy (non-hydrogen) atoms. The fourth-order valence-electron chi connectivity index (χ4n) is 3.34. The summed E-state index contributed by atoms with van der Waals surface area (Å²) < 4.78 is 39.8. The van der Waals surface area contributed by atoms with Crippen LogP contribution >= 0.6 is 0 Å². The second-order valence-corrected chi connectivity index (χ2v) is 8.20. The minimum atomic E-state index is -3.94. The molecule has 0 atom stereocenters. The van der Waals surface area contributed by atoms with Crippen molar-refractivity contribution in [2.75, 3.05) is 18.0 Å². The monoisotopic (exact) mass is 372 g/mol. The van der Waals surface area contributed by atoms with Gasteiger partial charge in [-0.2, -0.15) is 0 Å². The number of carbonyl (C=O) groups excluding carboxylic acids is 1. The molecule has 1 saturated heterocycles. The van der Waals surface area contributed by atoms with E-state index in [1.54, 1.807) is 40.1 Å². The van der Waals surface area contributed by atoms with E-state index in [1.807, 2.05) is 0 Å². The average molecular weight is 372 g/mol. The number of sulfone groups is 1. The normalized spacial score (nSPS) is 18.4. The van der Waals surface area contributed by atoms with Gasteiger partial charge in [-0.25, -0.2) is 12.8 Å². The molecule has 0 unspecified atom stereocenters. The van der Waals surface area contributed by atoms with Gasteiger partial charge in [-0.3, -0.25) is 4.79 Å². The van der Waals surface area contributed by atoms with E-state index in [2.05, 4.69) is 0 Å². The lowest BCUT2D eigenvalue weighted by Gasteiger charge is -2.30. The molecular weight excluding hydrogens is 355 g/mol. The molecule has 134 valence electrons. The summed E-state index contributed by atoms with van der Waals surface area (Å²) in [7, 11) is -3.94. The first-order valence-corrected chi connectivity index (χ1v) is 9.87. The molecule has 0 bridgehead atoms. The van der Waals surface area contributed by atoms with Crippen LogP contribution in [0.4, 0.5) is 15.8 Å². The van der Waals surface area contributed by atoms with Crippen LogP contribution in [0.25, 0.3) is 0 Å². The molecule has 0 N–H and O–H groups in total. The first-order valence-electron chi connectivity index (χ1n) is 8.38. The molecule has 0 aromatic heterocycles. The summed E-state index contributed by atoms with van der Waals surface area (Å²) in [5, 5.41) is 0. The third-order valence-corrected chi connectivity index (χ3v) is 6.42. The van der Waals surface area contributed by atoms with Crippen LogP contribution < -0.4 is 4.90 Å². The average Bonchev–Trinajstić information content (AvgIpc) is 3.16. The number of benzene rings is 2. The lowest BCUT2D eigenvalue weighted by atomic mass is 10.2. The molecule has 2 aromatic rings. The van der Waals surface area contributed by atoms with Crippen LogP contribution in [0.15, 0.2) is 64.5 Å². The zero-order chi connectivity index (χ0) is 18.3. The molecule has 5 nitrogen and oxygen atoms in total. The number of para-hydroxylation sites is 1. The predicted octanol–water partition coefficient (Wildman–Crippen LogP) is 3.21. The van der Waals surface area contributed by atoms with Crippen molar-refractivity contribution in [3.05, 3.63) is 65.5 Å². The highest BCUT2D eigenvalue weighted by Crippen LogP contribution is 2.40. The minimum Gasteiger partial charge on any atom is -0.338 e. The van der Waals surface area contributed by atoms with Crippen LogP contribution in [0.3, 0.4) is 0 Å². The zero-order valence-corrected chi connectivity index (χ0v) is 14.7. The highest BCUT2D eigenvalue weighted by atomic mass is 32.2. The van der Waals surface area contributed by atoms with Gasteiger partial charge in [0.05, 0.1) is 10.6 Å². The number of carbonyl (C=O) groups is 1. The summed E-state index contributed by atoms with van der Waals surface area (Å²) in [6.07, 6.45) is 3.04. The summed E-state index contributed by atoms with van der Waals surface area (Å²) >= 11 is 0. The Morgan fingerprint density at radius 3 is 2.46 bits per heavy atom. The van der Waals surface area contributed by atoms with E-state index < -0.39 is 21.6 Å². The fraction of sp³-hybridized carbons (Fsp3) is 0.211. The van der Waals surface area contributed by atoms with Gasteiger partial charge in [0, 0.05) is 25.0 Å². The van der Waals surface area contributed by atoms with Gasteiger partial charge in [-0.1, -0.05) is 18.2 Å². The standard InChI is InChI=1S/C19H17FN2O3S/c20-14-6-5-7-15(12-14)22-13-18(19(23)21-10-3-4-11-21)26(24,25)17-9-2-1-8-16(17)22/h1-2,5-9,12-13H,3-4,10-11H2. The van der Waals surface area contributed by atoms with Crippen molar-refractivity contribution < 1.29 is 17.6 Å². The van der Waals surface area contributed by atoms with Crippen molar-refractivity contribution in [1.29, 1.82) is 0 Å². The lowest BCUT2D eigenvalue weighted by molar-refractivity contribution is -0.125. The van der Waals surface area contributed by atoms with Gasteiger partial charge in [-0.05, 0) is 43.2 Å². The Morgan fingerprint density at radius 2 is 1.73 bits per heavy atom. The number of amides is 1. The van der Waals surface area contributed by atoms with E-state index in [4.69, 9.17) is 0 Å². The molecule has 4 rings (SSSR count). The summed E-state index contributed by atoms with van der Waals surface area (Å²) in [6.45, 7) is 1.10. The van der Waals surface area contributed by atoms with Crippen LogP contribution in [-0.2, 0) is 14.6 Å². The molecule has 2 aromatic carbocycles. The Balaban J connectivity index is 1.89. The third kappa shape index (κ3) is 2.68. The molecule has 0 saturated carbocycles. The van der Waals surface area contributed by atoms with Gasteiger partial charge in [0.25, 0.3) is 5.91 Å². The zero-order valence-electron chi connectivity index (χ0n) is 13.9. The van der Waals surface area contributed by atoms with Gasteiger partial charge in [0.15, 0.2) is 4.91 Å². The summed E-state index contributed by atoms with van der Waals surface area (Å²) in [6, 6.07) is 12.3. The molecular formula is C19H17FN2O3S. The quantitative estimate of drug-likeness (QED) is 0.812. The van der Waals surface area contributed by atoms with Crippen LogP contribution in [-0.4, -0.2) is 32.3 Å². The molecule has 2 aliphatic heterocycles. The second-order valence-electron chi connectivity index (χ2n) is 6.31. The number of halogens is 1. The van der Waals surface area contributed by atoms with Crippen molar-refractivity contribution in [2.45, 2.75) is 17.7 Å². The van der Waals surface area contributed by atoms with Crippen LogP contribution in [0.1, 0.15) is 12.8 Å². The molecule has 0 radical (unpaired) electrons. The fourth-order valence-corrected chi connectivity index (χ4v) is 4.88. The number of hydrogen-bond donors (Lipinski definition) is 0. The molecule has 1 amide bonds. The number of anilines is 2. The van der Waals surface area contributed by atoms with Gasteiger partial charge in [0.2, 0.25) is 9.84 Å². The largest absolute Gasteiger partial charge is 0.338 e. The lowest BCUT2D eigenvalue weighted by Crippen LogP contribution is -2.35. The van der Waals surface area contributed by atoms with E-state index in [1.165, 1.54) is 24.4 Å². The van der Waals surface area contributed by atoms with Crippen molar-refractivity contribution in [3.8, 4) is 0 Å². The van der Waals surface area contributed by atoms with E-state index in [0.29, 0.717) is 24.5 Å². The Labute approximate surface area is 151 Å². The summed E-state index contributed by atoms with van der Waals surface area (Å²) in [5.41, 5.74) is 0.857. The van der Waals surface area contributed by atoms with Crippen LogP contribution in [0, 0.1) is 5.82 Å². The number of fused-ring (bicyclic) bond motifs is 1. The van der Waals surface area contributed by atoms with E-state index in [0.717, 1.165) is 12.8 Å². The maximum absolute atomic E-state index is 13.7. The molecule has 2 heterocycles. The Kier molecular flexibility index (Phi) is 4.03. The molecule has 0 aliphatic carbocycles. The SMILES string of the molecule is O=C(C1=CN(c2cccc(F)c2)c2ccccc2S1(=O)=O)N1CCCC1. The topological polar surface area (TPSA) is 57.7 Å². The first kappa shape index (κ1) is 16.8. The Bertz CT molecular complexity index is 1010. The molecule has 0 spiro atoms. The van der Waals surface area contributed by atoms with Gasteiger partial charge in [-0.15, -0.1) is 0 Å². The van der Waals surface area contributed by atoms with Crippen molar-refractivity contribution >= 4 is 27.1 Å². The maximum Gasteiger partial charge on any atom is 0.267 e. The predicted molar refractivity (Wildman–Crippen MR) is 96.1 cm³/mol. The first-order chi connectivity index (χ1) is 12.5. The second kappa shape index (κ2) is 6.25. The molecule has 1 fully saturated rings. The third-order valence-electron chi connectivity index (χ3n) is 4.64. The summed E-state index contributed by atoms with van der Waals surface area (Å²) in [5.74, 6) is -0.937. The molecule has 7 heteroatoms. The van der Waals surface area contributed by atoms with Gasteiger partial charge < -0.3 is 9.80 Å². The van der Waals surface area contributed by atoms with E-state index in [9.17, 15) is 17.6 Å². The Morgan fingerprint density at radius 1 is 1.00 bits per heavy atom. The Hall–Kier alpha value is -2.67. The van der Waals surface area contributed by atoms with Crippen LogP contribution in [0.5, 0.6) is 0 Å². The highest BCUT2D eigenvalue weighted by molar-refractivity contribution is 7.96. The van der Waals surface area contributed by atoms with E-state index in [-0.39, 0.29) is 9.80 Å². The minimum absolute atomic E-state index is 0.0503.